The number of methoxy groups -OCH3 is 1. The number of piperazine rings is 1. The Morgan fingerprint density at radius 1 is 0.970 bits per heavy atom. The van der Waals surface area contributed by atoms with E-state index in [1.807, 2.05) is 0 Å². The van der Waals surface area contributed by atoms with E-state index in [0.717, 1.165) is 0 Å². The molecule has 0 spiro atoms. The summed E-state index contributed by atoms with van der Waals surface area (Å²) >= 11 is 0. The van der Waals surface area contributed by atoms with E-state index < -0.39 is 18.5 Å². The second-order valence-electron chi connectivity index (χ2n) is 7.49. The van der Waals surface area contributed by atoms with E-state index in [0.29, 0.717) is 42.6 Å². The summed E-state index contributed by atoms with van der Waals surface area (Å²) in [6.45, 7) is 0.862. The van der Waals surface area contributed by atoms with E-state index in [1.165, 1.54) is 19.6 Å². The molecule has 0 atom stereocenters. The average molecular weight is 453 g/mol. The lowest BCUT2D eigenvalue weighted by Gasteiger charge is -2.34. The van der Waals surface area contributed by atoms with Crippen molar-refractivity contribution >= 4 is 34.7 Å². The fourth-order valence-electron chi connectivity index (χ4n) is 3.78. The van der Waals surface area contributed by atoms with Gasteiger partial charge in [0.25, 0.3) is 11.8 Å². The molecule has 0 aliphatic carbocycles. The fraction of sp³-hybridized carbons (Fsp3) is 0.304. The van der Waals surface area contributed by atoms with Gasteiger partial charge in [-0.15, -0.1) is 0 Å². The van der Waals surface area contributed by atoms with Crippen LogP contribution in [0.4, 0.5) is 0 Å². The van der Waals surface area contributed by atoms with Crippen molar-refractivity contribution in [1.82, 2.24) is 14.4 Å². The van der Waals surface area contributed by atoms with Crippen molar-refractivity contribution in [2.24, 2.45) is 0 Å². The Balaban J connectivity index is 1.30. The Hall–Kier alpha value is -4.08. The van der Waals surface area contributed by atoms with Crippen LogP contribution in [0.3, 0.4) is 0 Å². The number of nitrogens with zero attached hydrogens (tertiary/aromatic N) is 3. The summed E-state index contributed by atoms with van der Waals surface area (Å²) in [5.41, 5.74) is 1.03. The summed E-state index contributed by atoms with van der Waals surface area (Å²) in [6, 6.07) is 10.4. The van der Waals surface area contributed by atoms with Gasteiger partial charge in [-0.3, -0.25) is 14.4 Å². The standard InChI is InChI=1S/C23H23N3O7/c1-31-23(30)17-13-26(18-6-3-2-5-16(17)18)14-21(28)33-15-20(27)24-8-10-25(11-9-24)22(29)19-7-4-12-32-19/h2-7,12-13H,8-11,14-15H2,1H3. The number of fused-ring (bicyclic) bond motifs is 1. The largest absolute Gasteiger partial charge is 0.465 e. The van der Waals surface area contributed by atoms with Crippen LogP contribution in [-0.4, -0.2) is 78.0 Å². The Morgan fingerprint density at radius 2 is 1.70 bits per heavy atom. The van der Waals surface area contributed by atoms with Gasteiger partial charge in [-0.25, -0.2) is 4.79 Å². The van der Waals surface area contributed by atoms with Crippen molar-refractivity contribution in [3.8, 4) is 0 Å². The van der Waals surface area contributed by atoms with Gasteiger partial charge in [-0.05, 0) is 18.2 Å². The first kappa shape index (κ1) is 22.1. The molecule has 1 fully saturated rings. The van der Waals surface area contributed by atoms with Crippen LogP contribution in [0.25, 0.3) is 10.9 Å². The minimum absolute atomic E-state index is 0.157. The molecule has 0 N–H and O–H groups in total. The number of ether oxygens (including phenoxy) is 2. The second-order valence-corrected chi connectivity index (χ2v) is 7.49. The van der Waals surface area contributed by atoms with Crippen LogP contribution in [0.1, 0.15) is 20.9 Å². The molecule has 2 amide bonds. The number of rotatable bonds is 6. The van der Waals surface area contributed by atoms with Gasteiger partial charge in [-0.2, -0.15) is 0 Å². The smallest absolute Gasteiger partial charge is 0.340 e. The minimum atomic E-state index is -0.604. The predicted octanol–water partition coefficient (Wildman–Crippen LogP) is 1.55. The fourth-order valence-corrected chi connectivity index (χ4v) is 3.78. The van der Waals surface area contributed by atoms with Gasteiger partial charge in [-0.1, -0.05) is 18.2 Å². The number of furan rings is 1. The number of hydrogen-bond donors (Lipinski definition) is 0. The summed E-state index contributed by atoms with van der Waals surface area (Å²) < 4.78 is 16.7. The quantitative estimate of drug-likeness (QED) is 0.521. The van der Waals surface area contributed by atoms with Gasteiger partial charge in [0.15, 0.2) is 12.4 Å². The Morgan fingerprint density at radius 3 is 2.39 bits per heavy atom. The van der Waals surface area contributed by atoms with Crippen LogP contribution >= 0.6 is 0 Å². The lowest BCUT2D eigenvalue weighted by Crippen LogP contribution is -2.51. The monoisotopic (exact) mass is 453 g/mol. The van der Waals surface area contributed by atoms with Crippen molar-refractivity contribution in [2.75, 3.05) is 39.9 Å². The van der Waals surface area contributed by atoms with E-state index in [-0.39, 0.29) is 24.1 Å². The van der Waals surface area contributed by atoms with E-state index in [1.54, 1.807) is 50.8 Å². The number of esters is 2. The molecule has 0 saturated carbocycles. The molecule has 0 bridgehead atoms. The summed E-state index contributed by atoms with van der Waals surface area (Å²) in [6.07, 6.45) is 2.98. The van der Waals surface area contributed by atoms with Crippen molar-refractivity contribution in [3.63, 3.8) is 0 Å². The molecular weight excluding hydrogens is 430 g/mol. The number of carbonyl (C=O) groups excluding carboxylic acids is 4. The van der Waals surface area contributed by atoms with Gasteiger partial charge < -0.3 is 28.3 Å². The van der Waals surface area contributed by atoms with E-state index in [9.17, 15) is 19.2 Å². The maximum absolute atomic E-state index is 12.5. The first-order valence-corrected chi connectivity index (χ1v) is 10.4. The second kappa shape index (κ2) is 9.60. The predicted molar refractivity (Wildman–Crippen MR) is 115 cm³/mol. The van der Waals surface area contributed by atoms with Crippen LogP contribution in [0, 0.1) is 0 Å². The van der Waals surface area contributed by atoms with Gasteiger partial charge in [0.1, 0.15) is 6.54 Å². The molecule has 10 heteroatoms. The normalized spacial score (nSPS) is 13.7. The molecule has 172 valence electrons. The molecule has 1 aliphatic heterocycles. The third-order valence-electron chi connectivity index (χ3n) is 5.50. The highest BCUT2D eigenvalue weighted by molar-refractivity contribution is 6.04. The molecule has 1 aromatic carbocycles. The van der Waals surface area contributed by atoms with Gasteiger partial charge in [0, 0.05) is 43.3 Å². The highest BCUT2D eigenvalue weighted by Gasteiger charge is 2.26. The van der Waals surface area contributed by atoms with Crippen LogP contribution in [0.2, 0.25) is 0 Å². The lowest BCUT2D eigenvalue weighted by atomic mass is 10.2. The molecule has 0 unspecified atom stereocenters. The van der Waals surface area contributed by atoms with Crippen molar-refractivity contribution in [1.29, 1.82) is 0 Å². The summed E-state index contributed by atoms with van der Waals surface area (Å²) in [7, 11) is 1.29. The topological polar surface area (TPSA) is 111 Å². The lowest BCUT2D eigenvalue weighted by molar-refractivity contribution is -0.153. The molecule has 0 radical (unpaired) electrons. The Labute approximate surface area is 189 Å². The van der Waals surface area contributed by atoms with Crippen molar-refractivity contribution in [2.45, 2.75) is 6.54 Å². The maximum Gasteiger partial charge on any atom is 0.340 e. The molecular formula is C23H23N3O7. The van der Waals surface area contributed by atoms with Gasteiger partial charge in [0.05, 0.1) is 18.9 Å². The zero-order valence-electron chi connectivity index (χ0n) is 18.1. The van der Waals surface area contributed by atoms with Crippen molar-refractivity contribution in [3.05, 3.63) is 60.2 Å². The Bertz CT molecular complexity index is 1170. The van der Waals surface area contributed by atoms with Gasteiger partial charge in [0.2, 0.25) is 0 Å². The van der Waals surface area contributed by atoms with E-state index in [4.69, 9.17) is 13.9 Å². The Kier molecular flexibility index (Phi) is 6.43. The first-order valence-electron chi connectivity index (χ1n) is 10.4. The zero-order chi connectivity index (χ0) is 23.4. The maximum atomic E-state index is 12.5. The average Bonchev–Trinajstić information content (AvgIpc) is 3.51. The molecule has 3 aromatic rings. The third kappa shape index (κ3) is 4.74. The SMILES string of the molecule is COC(=O)c1cn(CC(=O)OCC(=O)N2CCN(C(=O)c3ccco3)CC2)c2ccccc12. The molecule has 2 aromatic heterocycles. The van der Waals surface area contributed by atoms with E-state index in [2.05, 4.69) is 0 Å². The van der Waals surface area contributed by atoms with Crippen LogP contribution in [-0.2, 0) is 25.6 Å². The number of benzene rings is 1. The minimum Gasteiger partial charge on any atom is -0.465 e. The number of amides is 2. The molecule has 10 nitrogen and oxygen atoms in total. The molecule has 3 heterocycles. The van der Waals surface area contributed by atoms with E-state index >= 15 is 0 Å². The van der Waals surface area contributed by atoms with Crippen LogP contribution in [0.15, 0.2) is 53.3 Å². The first-order chi connectivity index (χ1) is 16.0. The van der Waals surface area contributed by atoms with Crippen molar-refractivity contribution < 1.29 is 33.1 Å². The third-order valence-corrected chi connectivity index (χ3v) is 5.50. The molecule has 33 heavy (non-hydrogen) atoms. The molecule has 1 aliphatic rings. The highest BCUT2D eigenvalue weighted by Crippen LogP contribution is 2.22. The molecule has 1 saturated heterocycles. The molecule has 4 rings (SSSR count). The van der Waals surface area contributed by atoms with Crippen LogP contribution < -0.4 is 0 Å². The van der Waals surface area contributed by atoms with Gasteiger partial charge >= 0.3 is 11.9 Å². The zero-order valence-corrected chi connectivity index (χ0v) is 18.1. The number of aromatic nitrogens is 1. The number of para-hydroxylation sites is 1. The summed E-state index contributed by atoms with van der Waals surface area (Å²) in [4.78, 5) is 52.3. The summed E-state index contributed by atoms with van der Waals surface area (Å²) in [5.74, 6) is -1.40. The highest BCUT2D eigenvalue weighted by atomic mass is 16.5. The summed E-state index contributed by atoms with van der Waals surface area (Å²) in [5, 5.41) is 0.662. The van der Waals surface area contributed by atoms with Crippen LogP contribution in [0.5, 0.6) is 0 Å². The number of hydrogen-bond acceptors (Lipinski definition) is 7. The number of carbonyl (C=O) groups is 4.